The van der Waals surface area contributed by atoms with E-state index in [0.29, 0.717) is 43.7 Å². The largest absolute Gasteiger partial charge is 0.481 e. The summed E-state index contributed by atoms with van der Waals surface area (Å²) in [5, 5.41) is 32.2. The van der Waals surface area contributed by atoms with Crippen LogP contribution < -0.4 is 32.3 Å². The normalized spacial score (nSPS) is 23.3. The van der Waals surface area contributed by atoms with Crippen LogP contribution in [0.25, 0.3) is 0 Å². The Labute approximate surface area is 350 Å². The number of aliphatic hydroxyl groups excluding tert-OH is 1. The highest BCUT2D eigenvalue weighted by Crippen LogP contribution is 2.34. The molecule has 5 amide bonds. The minimum absolute atomic E-state index is 0.00987. The number of aromatic nitrogens is 4. The molecule has 0 aromatic carbocycles. The number of ether oxygens (including phenoxy) is 1. The fourth-order valence-corrected chi connectivity index (χ4v) is 7.21. The number of pyridine rings is 1. The Hall–Kier alpha value is -4.94. The highest BCUT2D eigenvalue weighted by Gasteiger charge is 2.49. The van der Waals surface area contributed by atoms with E-state index < -0.39 is 72.9 Å². The van der Waals surface area contributed by atoms with Crippen LogP contribution in [0.5, 0.6) is 0 Å². The Bertz CT molecular complexity index is 1840. The van der Waals surface area contributed by atoms with E-state index in [1.165, 1.54) is 20.0 Å². The van der Waals surface area contributed by atoms with Gasteiger partial charge in [-0.3, -0.25) is 29.0 Å². The van der Waals surface area contributed by atoms with Crippen LogP contribution in [0.1, 0.15) is 107 Å². The van der Waals surface area contributed by atoms with Crippen LogP contribution in [-0.2, 0) is 46.2 Å². The molecule has 9 atom stereocenters. The zero-order valence-corrected chi connectivity index (χ0v) is 34.9. The molecule has 3 aliphatic heterocycles. The molecule has 19 nitrogen and oxygen atoms in total. The van der Waals surface area contributed by atoms with E-state index >= 15 is 0 Å². The van der Waals surface area contributed by atoms with Crippen molar-refractivity contribution in [1.82, 2.24) is 46.6 Å². The smallest absolute Gasteiger partial charge is 0.404 e. The SMILES string of the molecule is CCCCCCC#Cc1cncc(C(=O)N[C@@H](CCCN)C(=O)N[C@H](C(=O)N[C@@H](C)C(=O)N[C@H]2Cc3cn(nn3)CCOC3C[C@@H]4OB(O[C@@H]4C3)[C@H](C)NC2=O)[C@@H](C)O)c1. The second kappa shape index (κ2) is 22.6. The maximum absolute atomic E-state index is 13.7. The number of nitrogens with one attached hydrogen (secondary N) is 5. The van der Waals surface area contributed by atoms with Gasteiger partial charge in [0, 0.05) is 49.8 Å². The number of rotatable bonds is 16. The van der Waals surface area contributed by atoms with Crippen molar-refractivity contribution in [2.24, 2.45) is 5.73 Å². The average molecular weight is 835 g/mol. The predicted octanol–water partition coefficient (Wildman–Crippen LogP) is -0.561. The third-order valence-electron chi connectivity index (χ3n) is 10.6. The number of nitrogens with zero attached hydrogens (tertiary/aromatic N) is 4. The third-order valence-corrected chi connectivity index (χ3v) is 10.6. The van der Waals surface area contributed by atoms with E-state index in [1.807, 2.05) is 0 Å². The summed E-state index contributed by atoms with van der Waals surface area (Å²) in [7, 11) is -0.693. The Morgan fingerprint density at radius 3 is 2.53 bits per heavy atom. The van der Waals surface area contributed by atoms with Crippen LogP contribution in [0, 0.1) is 11.8 Å². The number of fused-ring (bicyclic) bond motifs is 6. The molecule has 0 radical (unpaired) electrons. The Kier molecular flexibility index (Phi) is 17.4. The van der Waals surface area contributed by atoms with Crippen LogP contribution in [0.3, 0.4) is 0 Å². The summed E-state index contributed by atoms with van der Waals surface area (Å²) in [4.78, 5) is 71.8. The number of unbranched alkanes of at least 4 members (excludes halogenated alkanes) is 4. The molecule has 8 N–H and O–H groups in total. The lowest BCUT2D eigenvalue weighted by Crippen LogP contribution is -2.60. The van der Waals surface area contributed by atoms with Gasteiger partial charge in [0.1, 0.15) is 24.2 Å². The molecule has 60 heavy (non-hydrogen) atoms. The number of carbonyl (C=O) groups excluding carboxylic acids is 5. The first kappa shape index (κ1) is 46.1. The highest BCUT2D eigenvalue weighted by atomic mass is 16.7. The molecular weight excluding hydrogens is 775 g/mol. The molecular formula is C40H59BN10O9. The Balaban J connectivity index is 1.20. The highest BCUT2D eigenvalue weighted by molar-refractivity contribution is 6.47. The van der Waals surface area contributed by atoms with Crippen LogP contribution in [0.4, 0.5) is 0 Å². The quantitative estimate of drug-likeness (QED) is 0.0637. The molecule has 2 aromatic rings. The van der Waals surface area contributed by atoms with Gasteiger partial charge in [0.25, 0.3) is 5.91 Å². The fourth-order valence-electron chi connectivity index (χ4n) is 7.21. The van der Waals surface area contributed by atoms with E-state index in [0.717, 1.165) is 32.1 Å². The summed E-state index contributed by atoms with van der Waals surface area (Å²) >= 11 is 0. The van der Waals surface area contributed by atoms with E-state index in [-0.39, 0.29) is 43.3 Å². The summed E-state index contributed by atoms with van der Waals surface area (Å²) in [5.41, 5.74) is 6.90. The van der Waals surface area contributed by atoms with Crippen LogP contribution in [-0.4, -0.2) is 129 Å². The first-order chi connectivity index (χ1) is 28.8. The van der Waals surface area contributed by atoms with E-state index in [9.17, 15) is 29.1 Å². The molecule has 1 unspecified atom stereocenters. The Morgan fingerprint density at radius 1 is 1.05 bits per heavy atom. The third kappa shape index (κ3) is 13.3. The van der Waals surface area contributed by atoms with Gasteiger partial charge in [0.2, 0.25) is 23.6 Å². The lowest BCUT2D eigenvalue weighted by atomic mass is 9.79. The number of hydrogen-bond acceptors (Lipinski definition) is 13. The monoisotopic (exact) mass is 834 g/mol. The molecule has 6 bridgehead atoms. The molecule has 2 aromatic heterocycles. The van der Waals surface area contributed by atoms with Gasteiger partial charge in [-0.1, -0.05) is 43.2 Å². The Morgan fingerprint density at radius 2 is 1.82 bits per heavy atom. The van der Waals surface area contributed by atoms with Gasteiger partial charge in [-0.25, -0.2) is 4.68 Å². The predicted molar refractivity (Wildman–Crippen MR) is 218 cm³/mol. The lowest BCUT2D eigenvalue weighted by molar-refractivity contribution is -0.135. The maximum atomic E-state index is 13.7. The second-order valence-corrected chi connectivity index (χ2v) is 15.7. The fraction of sp³-hybridized carbons (Fsp3) is 0.650. The molecule has 0 spiro atoms. The van der Waals surface area contributed by atoms with Crippen molar-refractivity contribution < 1.29 is 43.1 Å². The van der Waals surface area contributed by atoms with Crippen LogP contribution in [0.15, 0.2) is 24.7 Å². The number of aliphatic hydroxyl groups is 1. The standard InChI is InChI=1S/C40H59BN10O9/c1-5-6-7-8-9-10-12-27-17-28(22-43-21-27)37(54)46-31(13-11-14-42)38(55)48-35(25(3)52)40(57)44-24(2)36(53)47-32-18-29-23-51(50-49-29)15-16-58-30-19-33-34(20-30)60-41(59-33)26(4)45-39(32)56/h17,21-26,30-35,52H,5-9,11,13-16,18-20,42H2,1-4H3,(H,44,57)(H,45,56)(H,46,54)(H,47,53)(H,48,55)/t24-,25+,26-,30?,31-,32-,33-,34+,35-/m0/s1. The molecule has 1 aliphatic carbocycles. The average Bonchev–Trinajstić information content (AvgIpc) is 3.94. The number of carbonyl (C=O) groups is 5. The van der Waals surface area contributed by atoms with Crippen molar-refractivity contribution in [2.75, 3.05) is 13.2 Å². The number of nitrogens with two attached hydrogens (primary N) is 1. The van der Waals surface area contributed by atoms with Crippen molar-refractivity contribution in [3.63, 3.8) is 0 Å². The van der Waals surface area contributed by atoms with Crippen molar-refractivity contribution in [3.8, 4) is 11.8 Å². The molecule has 1 saturated heterocycles. The van der Waals surface area contributed by atoms with E-state index in [4.69, 9.17) is 19.8 Å². The van der Waals surface area contributed by atoms with Gasteiger partial charge in [0.15, 0.2) is 0 Å². The zero-order chi connectivity index (χ0) is 43.2. The van der Waals surface area contributed by atoms with Crippen molar-refractivity contribution in [1.29, 1.82) is 0 Å². The van der Waals surface area contributed by atoms with Gasteiger partial charge >= 0.3 is 7.12 Å². The van der Waals surface area contributed by atoms with E-state index in [1.54, 1.807) is 30.1 Å². The maximum Gasteiger partial charge on any atom is 0.481 e. The molecule has 4 aliphatic rings. The van der Waals surface area contributed by atoms with Gasteiger partial charge in [-0.2, -0.15) is 0 Å². The minimum atomic E-state index is -1.52. The number of hydrogen-bond donors (Lipinski definition) is 7. The molecule has 5 heterocycles. The topological polar surface area (TPSA) is 263 Å². The van der Waals surface area contributed by atoms with Gasteiger partial charge in [-0.05, 0) is 52.6 Å². The summed E-state index contributed by atoms with van der Waals surface area (Å²) in [6, 6.07) is -3.43. The van der Waals surface area contributed by atoms with Gasteiger partial charge in [0.05, 0.1) is 54.8 Å². The van der Waals surface area contributed by atoms with Gasteiger partial charge < -0.3 is 51.5 Å². The lowest BCUT2D eigenvalue weighted by Gasteiger charge is -2.27. The van der Waals surface area contributed by atoms with Crippen molar-refractivity contribution >= 4 is 36.7 Å². The van der Waals surface area contributed by atoms with Crippen molar-refractivity contribution in [2.45, 2.75) is 153 Å². The summed E-state index contributed by atoms with van der Waals surface area (Å²) in [6.45, 7) is 7.64. The first-order valence-corrected chi connectivity index (χ1v) is 21.0. The molecule has 2 fully saturated rings. The molecule has 6 rings (SSSR count). The summed E-state index contributed by atoms with van der Waals surface area (Å²) < 4.78 is 19.8. The summed E-state index contributed by atoms with van der Waals surface area (Å²) in [5.74, 6) is 2.11. The first-order valence-electron chi connectivity index (χ1n) is 21.0. The van der Waals surface area contributed by atoms with Crippen molar-refractivity contribution in [3.05, 3.63) is 41.5 Å². The van der Waals surface area contributed by atoms with Gasteiger partial charge in [-0.15, -0.1) is 5.10 Å². The number of amides is 5. The molecule has 1 saturated carbocycles. The minimum Gasteiger partial charge on any atom is -0.404 e. The van der Waals surface area contributed by atoms with E-state index in [2.05, 4.69) is 60.6 Å². The zero-order valence-electron chi connectivity index (χ0n) is 34.9. The molecule has 20 heteroatoms. The second-order valence-electron chi connectivity index (χ2n) is 15.7. The van der Waals surface area contributed by atoms with Crippen LogP contribution >= 0.6 is 0 Å². The summed E-state index contributed by atoms with van der Waals surface area (Å²) in [6.07, 6.45) is 9.76. The van der Waals surface area contributed by atoms with Crippen LogP contribution in [0.2, 0.25) is 0 Å². The molecule has 326 valence electrons.